The van der Waals surface area contributed by atoms with Crippen LogP contribution in [0.15, 0.2) is 34.9 Å². The van der Waals surface area contributed by atoms with E-state index >= 15 is 0 Å². The minimum atomic E-state index is -2.88. The molecule has 1 aromatic heterocycles. The fraction of sp³-hybridized carbons (Fsp3) is 0.167. The van der Waals surface area contributed by atoms with Crippen molar-refractivity contribution >= 4 is 21.7 Å². The van der Waals surface area contributed by atoms with E-state index in [1.165, 1.54) is 35.1 Å². The standard InChI is InChI=1S/C12H9BrF2N2O2/c1-17-10(9(13)6-16-17)11(18)7-2-4-8(5-3-7)19-12(14)15/h2-6,12H,1H3. The van der Waals surface area contributed by atoms with Crippen molar-refractivity contribution in [3.63, 3.8) is 0 Å². The Balaban J connectivity index is 2.25. The van der Waals surface area contributed by atoms with E-state index < -0.39 is 6.61 Å². The van der Waals surface area contributed by atoms with E-state index in [-0.39, 0.29) is 11.5 Å². The average Bonchev–Trinajstić information content (AvgIpc) is 2.68. The number of benzene rings is 1. The highest BCUT2D eigenvalue weighted by molar-refractivity contribution is 9.10. The third-order valence-corrected chi connectivity index (χ3v) is 3.03. The van der Waals surface area contributed by atoms with Gasteiger partial charge < -0.3 is 4.74 Å². The number of hydrogen-bond donors (Lipinski definition) is 0. The molecule has 0 spiro atoms. The summed E-state index contributed by atoms with van der Waals surface area (Å²) in [4.78, 5) is 12.2. The minimum Gasteiger partial charge on any atom is -0.435 e. The van der Waals surface area contributed by atoms with Gasteiger partial charge in [-0.1, -0.05) is 0 Å². The van der Waals surface area contributed by atoms with Gasteiger partial charge in [-0.25, -0.2) is 0 Å². The molecule has 0 N–H and O–H groups in total. The van der Waals surface area contributed by atoms with Crippen LogP contribution in [0.25, 0.3) is 0 Å². The molecule has 1 aromatic carbocycles. The maximum Gasteiger partial charge on any atom is 0.387 e. The Morgan fingerprint density at radius 3 is 2.47 bits per heavy atom. The quantitative estimate of drug-likeness (QED) is 0.809. The summed E-state index contributed by atoms with van der Waals surface area (Å²) in [6.07, 6.45) is 1.52. The lowest BCUT2D eigenvalue weighted by Crippen LogP contribution is -2.09. The molecule has 0 saturated carbocycles. The second-order valence-corrected chi connectivity index (χ2v) is 4.55. The van der Waals surface area contributed by atoms with E-state index in [0.29, 0.717) is 15.7 Å². The van der Waals surface area contributed by atoms with Crippen LogP contribution >= 0.6 is 15.9 Å². The zero-order valence-corrected chi connectivity index (χ0v) is 11.4. The molecule has 0 radical (unpaired) electrons. The minimum absolute atomic E-state index is 0.00984. The fourth-order valence-electron chi connectivity index (χ4n) is 1.59. The van der Waals surface area contributed by atoms with Crippen LogP contribution in [-0.2, 0) is 7.05 Å². The van der Waals surface area contributed by atoms with Crippen molar-refractivity contribution in [3.05, 3.63) is 46.2 Å². The van der Waals surface area contributed by atoms with Crippen LogP contribution in [0, 0.1) is 0 Å². The summed E-state index contributed by atoms with van der Waals surface area (Å²) in [5.74, 6) is -0.244. The van der Waals surface area contributed by atoms with Gasteiger partial charge in [-0.15, -0.1) is 0 Å². The first kappa shape index (κ1) is 13.7. The zero-order valence-electron chi connectivity index (χ0n) is 9.81. The molecular weight excluding hydrogens is 322 g/mol. The Bertz CT molecular complexity index is 577. The van der Waals surface area contributed by atoms with E-state index in [1.807, 2.05) is 0 Å². The van der Waals surface area contributed by atoms with E-state index in [0.717, 1.165) is 0 Å². The summed E-state index contributed by atoms with van der Waals surface area (Å²) in [6.45, 7) is -2.88. The Labute approximate surface area is 116 Å². The van der Waals surface area contributed by atoms with Gasteiger partial charge in [0.25, 0.3) is 0 Å². The second kappa shape index (κ2) is 5.48. The number of hydrogen-bond acceptors (Lipinski definition) is 3. The molecule has 2 aromatic rings. The van der Waals surface area contributed by atoms with Crippen molar-refractivity contribution in [1.82, 2.24) is 9.78 Å². The van der Waals surface area contributed by atoms with Gasteiger partial charge in [-0.05, 0) is 40.2 Å². The van der Waals surface area contributed by atoms with Crippen LogP contribution in [0.5, 0.6) is 5.75 Å². The highest BCUT2D eigenvalue weighted by atomic mass is 79.9. The highest BCUT2D eigenvalue weighted by Crippen LogP contribution is 2.21. The lowest BCUT2D eigenvalue weighted by Gasteiger charge is -2.06. The second-order valence-electron chi connectivity index (χ2n) is 3.70. The van der Waals surface area contributed by atoms with Gasteiger partial charge in [0.2, 0.25) is 5.78 Å². The van der Waals surface area contributed by atoms with Gasteiger partial charge in [-0.3, -0.25) is 9.48 Å². The van der Waals surface area contributed by atoms with Crippen LogP contribution in [-0.4, -0.2) is 22.2 Å². The fourth-order valence-corrected chi connectivity index (χ4v) is 2.12. The van der Waals surface area contributed by atoms with Crippen LogP contribution in [0.2, 0.25) is 0 Å². The Hall–Kier alpha value is -1.76. The molecule has 0 aliphatic heterocycles. The molecule has 7 heteroatoms. The van der Waals surface area contributed by atoms with Gasteiger partial charge in [0, 0.05) is 12.6 Å². The molecule has 0 saturated heterocycles. The number of ether oxygens (including phenoxy) is 1. The molecule has 2 rings (SSSR count). The molecule has 0 aliphatic carbocycles. The molecule has 0 amide bonds. The first-order valence-corrected chi connectivity index (χ1v) is 6.05. The largest absolute Gasteiger partial charge is 0.435 e. The first-order valence-electron chi connectivity index (χ1n) is 5.26. The summed E-state index contributed by atoms with van der Waals surface area (Å²) < 4.78 is 30.2. The molecule has 0 unspecified atom stereocenters. The van der Waals surface area contributed by atoms with Crippen LogP contribution in [0.1, 0.15) is 16.1 Å². The maximum absolute atomic E-state index is 12.2. The van der Waals surface area contributed by atoms with Crippen molar-refractivity contribution in [2.75, 3.05) is 0 Å². The normalized spacial score (nSPS) is 10.8. The van der Waals surface area contributed by atoms with Crippen molar-refractivity contribution in [2.24, 2.45) is 7.05 Å². The number of alkyl halides is 2. The zero-order chi connectivity index (χ0) is 14.0. The van der Waals surface area contributed by atoms with Crippen molar-refractivity contribution < 1.29 is 18.3 Å². The molecule has 4 nitrogen and oxygen atoms in total. The molecule has 0 bridgehead atoms. The Morgan fingerprint density at radius 2 is 2.00 bits per heavy atom. The summed E-state index contributed by atoms with van der Waals surface area (Å²) in [6, 6.07) is 5.51. The number of rotatable bonds is 4. The van der Waals surface area contributed by atoms with Gasteiger partial charge in [0.15, 0.2) is 0 Å². The summed E-state index contributed by atoms with van der Waals surface area (Å²) >= 11 is 3.23. The Kier molecular flexibility index (Phi) is 3.94. The number of nitrogens with zero attached hydrogens (tertiary/aromatic N) is 2. The monoisotopic (exact) mass is 330 g/mol. The average molecular weight is 331 g/mol. The number of aromatic nitrogens is 2. The SMILES string of the molecule is Cn1ncc(Br)c1C(=O)c1ccc(OC(F)F)cc1. The topological polar surface area (TPSA) is 44.1 Å². The van der Waals surface area contributed by atoms with Crippen molar-refractivity contribution in [1.29, 1.82) is 0 Å². The number of halogens is 3. The molecule has 0 atom stereocenters. The molecule has 100 valence electrons. The maximum atomic E-state index is 12.2. The van der Waals surface area contributed by atoms with Crippen molar-refractivity contribution in [3.8, 4) is 5.75 Å². The number of carbonyl (C=O) groups is 1. The third-order valence-electron chi connectivity index (χ3n) is 2.45. The summed E-state index contributed by atoms with van der Waals surface area (Å²) in [7, 11) is 1.65. The first-order chi connectivity index (χ1) is 8.99. The molecular formula is C12H9BrF2N2O2. The number of carbonyl (C=O) groups excluding carboxylic acids is 1. The summed E-state index contributed by atoms with van der Waals surface area (Å²) in [5.41, 5.74) is 0.758. The lowest BCUT2D eigenvalue weighted by molar-refractivity contribution is -0.0498. The third kappa shape index (κ3) is 2.98. The number of aryl methyl sites for hydroxylation is 1. The lowest BCUT2D eigenvalue weighted by atomic mass is 10.1. The van der Waals surface area contributed by atoms with Gasteiger partial charge in [0.05, 0.1) is 10.7 Å². The van der Waals surface area contributed by atoms with Crippen LogP contribution in [0.3, 0.4) is 0 Å². The Morgan fingerprint density at radius 1 is 1.37 bits per heavy atom. The predicted molar refractivity (Wildman–Crippen MR) is 67.4 cm³/mol. The van der Waals surface area contributed by atoms with Crippen LogP contribution in [0.4, 0.5) is 8.78 Å². The van der Waals surface area contributed by atoms with E-state index in [9.17, 15) is 13.6 Å². The number of ketones is 1. The van der Waals surface area contributed by atoms with Gasteiger partial charge in [0.1, 0.15) is 11.4 Å². The van der Waals surface area contributed by atoms with E-state index in [1.54, 1.807) is 7.05 Å². The van der Waals surface area contributed by atoms with E-state index in [4.69, 9.17) is 0 Å². The highest BCUT2D eigenvalue weighted by Gasteiger charge is 2.17. The molecule has 19 heavy (non-hydrogen) atoms. The van der Waals surface area contributed by atoms with E-state index in [2.05, 4.69) is 25.8 Å². The van der Waals surface area contributed by atoms with Gasteiger partial charge >= 0.3 is 6.61 Å². The summed E-state index contributed by atoms with van der Waals surface area (Å²) in [5, 5.41) is 3.94. The van der Waals surface area contributed by atoms with Crippen LogP contribution < -0.4 is 4.74 Å². The molecule has 1 heterocycles. The van der Waals surface area contributed by atoms with Gasteiger partial charge in [-0.2, -0.15) is 13.9 Å². The predicted octanol–water partition coefficient (Wildman–Crippen LogP) is 3.02. The van der Waals surface area contributed by atoms with Crippen molar-refractivity contribution in [2.45, 2.75) is 6.61 Å². The molecule has 0 aliphatic rings. The smallest absolute Gasteiger partial charge is 0.387 e. The molecule has 0 fully saturated rings.